The molecule has 1 fully saturated rings. The Morgan fingerprint density at radius 3 is 2.83 bits per heavy atom. The zero-order chi connectivity index (χ0) is 13.1. The van der Waals surface area contributed by atoms with Gasteiger partial charge in [0, 0.05) is 25.0 Å². The number of benzene rings is 1. The Hall–Kier alpha value is -1.49. The van der Waals surface area contributed by atoms with Gasteiger partial charge in [-0.15, -0.1) is 0 Å². The Morgan fingerprint density at radius 1 is 1.44 bits per heavy atom. The van der Waals surface area contributed by atoms with Crippen molar-refractivity contribution in [3.8, 4) is 0 Å². The van der Waals surface area contributed by atoms with Crippen molar-refractivity contribution in [2.75, 3.05) is 6.54 Å². The number of halogens is 2. The maximum absolute atomic E-state index is 13.1. The average Bonchev–Trinajstić information content (AvgIpc) is 2.75. The first-order valence-electron chi connectivity index (χ1n) is 6.04. The van der Waals surface area contributed by atoms with E-state index in [2.05, 4.69) is 10.6 Å². The number of carbonyl (C=O) groups excluding carboxylic acids is 1. The van der Waals surface area contributed by atoms with Crippen molar-refractivity contribution in [2.24, 2.45) is 0 Å². The van der Waals surface area contributed by atoms with Crippen molar-refractivity contribution in [3.63, 3.8) is 0 Å². The Bertz CT molecular complexity index is 451. The fourth-order valence-electron chi connectivity index (χ4n) is 2.05. The Kier molecular flexibility index (Phi) is 3.91. The summed E-state index contributed by atoms with van der Waals surface area (Å²) in [4.78, 5) is 11.0. The van der Waals surface area contributed by atoms with E-state index in [4.69, 9.17) is 0 Å². The van der Waals surface area contributed by atoms with Gasteiger partial charge in [-0.05, 0) is 31.0 Å². The molecule has 0 saturated carbocycles. The third-order valence-electron chi connectivity index (χ3n) is 3.20. The molecule has 0 aromatic heterocycles. The van der Waals surface area contributed by atoms with Crippen LogP contribution in [0.1, 0.15) is 31.4 Å². The number of carbonyl (C=O) groups is 1. The highest BCUT2D eigenvalue weighted by molar-refractivity contribution is 5.78. The summed E-state index contributed by atoms with van der Waals surface area (Å²) in [6.45, 7) is 2.51. The molecule has 1 aliphatic heterocycles. The van der Waals surface area contributed by atoms with E-state index < -0.39 is 11.6 Å². The average molecular weight is 254 g/mol. The highest BCUT2D eigenvalue weighted by atomic mass is 19.2. The molecular formula is C13H16F2N2O. The lowest BCUT2D eigenvalue weighted by Gasteiger charge is -2.17. The van der Waals surface area contributed by atoms with Crippen LogP contribution in [0.15, 0.2) is 18.2 Å². The first kappa shape index (κ1) is 13.0. The molecule has 2 rings (SSSR count). The standard InChI is InChI=1S/C13H16F2N2O/c1-8(9-2-4-11(14)12(15)6-9)16-7-10-3-5-13(18)17-10/h2,4,6,8,10,16H,3,5,7H2,1H3,(H,17,18). The third kappa shape index (κ3) is 3.04. The fraction of sp³-hybridized carbons (Fsp3) is 0.462. The van der Waals surface area contributed by atoms with Crippen LogP contribution in [0.2, 0.25) is 0 Å². The van der Waals surface area contributed by atoms with E-state index in [1.807, 2.05) is 6.92 Å². The molecule has 0 spiro atoms. The molecule has 18 heavy (non-hydrogen) atoms. The molecular weight excluding hydrogens is 238 g/mol. The van der Waals surface area contributed by atoms with Crippen molar-refractivity contribution < 1.29 is 13.6 Å². The summed E-state index contributed by atoms with van der Waals surface area (Å²) >= 11 is 0. The van der Waals surface area contributed by atoms with Crippen LogP contribution in [0, 0.1) is 11.6 Å². The molecule has 98 valence electrons. The van der Waals surface area contributed by atoms with Crippen molar-refractivity contribution in [3.05, 3.63) is 35.4 Å². The molecule has 3 nitrogen and oxygen atoms in total. The lowest BCUT2D eigenvalue weighted by atomic mass is 10.1. The van der Waals surface area contributed by atoms with Crippen LogP contribution in [0.3, 0.4) is 0 Å². The maximum atomic E-state index is 13.1. The maximum Gasteiger partial charge on any atom is 0.220 e. The van der Waals surface area contributed by atoms with Crippen LogP contribution in [0.5, 0.6) is 0 Å². The normalized spacial score (nSPS) is 20.8. The first-order valence-corrected chi connectivity index (χ1v) is 6.04. The van der Waals surface area contributed by atoms with E-state index in [9.17, 15) is 13.6 Å². The smallest absolute Gasteiger partial charge is 0.220 e. The van der Waals surface area contributed by atoms with Crippen molar-refractivity contribution >= 4 is 5.91 Å². The molecule has 1 aromatic rings. The number of hydrogen-bond acceptors (Lipinski definition) is 2. The largest absolute Gasteiger partial charge is 0.352 e. The third-order valence-corrected chi connectivity index (χ3v) is 3.20. The van der Waals surface area contributed by atoms with Gasteiger partial charge in [0.25, 0.3) is 0 Å². The topological polar surface area (TPSA) is 41.1 Å². The van der Waals surface area contributed by atoms with E-state index in [1.54, 1.807) is 6.07 Å². The van der Waals surface area contributed by atoms with Gasteiger partial charge in [0.1, 0.15) is 0 Å². The summed E-state index contributed by atoms with van der Waals surface area (Å²) in [6.07, 6.45) is 1.38. The number of nitrogens with one attached hydrogen (secondary N) is 2. The van der Waals surface area contributed by atoms with Gasteiger partial charge in [0.15, 0.2) is 11.6 Å². The van der Waals surface area contributed by atoms with E-state index in [0.29, 0.717) is 18.5 Å². The minimum Gasteiger partial charge on any atom is -0.352 e. The summed E-state index contributed by atoms with van der Waals surface area (Å²) in [5, 5.41) is 6.05. The Balaban J connectivity index is 1.89. The second-order valence-corrected chi connectivity index (χ2v) is 4.61. The van der Waals surface area contributed by atoms with E-state index in [0.717, 1.165) is 12.5 Å². The van der Waals surface area contributed by atoms with Crippen LogP contribution in [-0.2, 0) is 4.79 Å². The van der Waals surface area contributed by atoms with Gasteiger partial charge in [0.2, 0.25) is 5.91 Å². The molecule has 0 aliphatic carbocycles. The number of rotatable bonds is 4. The molecule has 0 radical (unpaired) electrons. The highest BCUT2D eigenvalue weighted by Crippen LogP contribution is 2.16. The Morgan fingerprint density at radius 2 is 2.22 bits per heavy atom. The number of amides is 1. The summed E-state index contributed by atoms with van der Waals surface area (Å²) in [5.74, 6) is -1.60. The van der Waals surface area contributed by atoms with Crippen LogP contribution < -0.4 is 10.6 Å². The van der Waals surface area contributed by atoms with Gasteiger partial charge in [-0.3, -0.25) is 4.79 Å². The SMILES string of the molecule is CC(NCC1CCC(=O)N1)c1ccc(F)c(F)c1. The quantitative estimate of drug-likeness (QED) is 0.861. The zero-order valence-corrected chi connectivity index (χ0v) is 10.2. The van der Waals surface area contributed by atoms with Crippen molar-refractivity contribution in [1.82, 2.24) is 10.6 Å². The minimum absolute atomic E-state index is 0.0716. The van der Waals surface area contributed by atoms with Crippen molar-refractivity contribution in [2.45, 2.75) is 31.8 Å². The Labute approximate surface area is 105 Å². The fourth-order valence-corrected chi connectivity index (χ4v) is 2.05. The van der Waals surface area contributed by atoms with E-state index in [1.165, 1.54) is 6.07 Å². The van der Waals surface area contributed by atoms with Gasteiger partial charge < -0.3 is 10.6 Å². The van der Waals surface area contributed by atoms with Crippen LogP contribution in [0.4, 0.5) is 8.78 Å². The van der Waals surface area contributed by atoms with E-state index in [-0.39, 0.29) is 18.0 Å². The van der Waals surface area contributed by atoms with Gasteiger partial charge in [-0.25, -0.2) is 8.78 Å². The summed E-state index contributed by atoms with van der Waals surface area (Å²) in [6, 6.07) is 3.92. The molecule has 2 atom stereocenters. The zero-order valence-electron chi connectivity index (χ0n) is 10.2. The lowest BCUT2D eigenvalue weighted by molar-refractivity contribution is -0.119. The highest BCUT2D eigenvalue weighted by Gasteiger charge is 2.21. The van der Waals surface area contributed by atoms with E-state index >= 15 is 0 Å². The predicted octanol–water partition coefficient (Wildman–Crippen LogP) is 1.89. The van der Waals surface area contributed by atoms with Crippen LogP contribution >= 0.6 is 0 Å². The molecule has 1 aromatic carbocycles. The molecule has 1 amide bonds. The summed E-state index contributed by atoms with van der Waals surface area (Å²) in [7, 11) is 0. The molecule has 1 heterocycles. The molecule has 1 aliphatic rings. The van der Waals surface area contributed by atoms with Gasteiger partial charge >= 0.3 is 0 Å². The monoisotopic (exact) mass is 254 g/mol. The van der Waals surface area contributed by atoms with Crippen molar-refractivity contribution in [1.29, 1.82) is 0 Å². The molecule has 5 heteroatoms. The molecule has 1 saturated heterocycles. The van der Waals surface area contributed by atoms with Gasteiger partial charge in [-0.1, -0.05) is 6.07 Å². The number of hydrogen-bond donors (Lipinski definition) is 2. The van der Waals surface area contributed by atoms with Gasteiger partial charge in [-0.2, -0.15) is 0 Å². The minimum atomic E-state index is -0.839. The lowest BCUT2D eigenvalue weighted by Crippen LogP contribution is -2.36. The first-order chi connectivity index (χ1) is 8.56. The molecule has 2 N–H and O–H groups in total. The predicted molar refractivity (Wildman–Crippen MR) is 63.9 cm³/mol. The van der Waals surface area contributed by atoms with Crippen LogP contribution in [-0.4, -0.2) is 18.5 Å². The molecule has 2 unspecified atom stereocenters. The second kappa shape index (κ2) is 5.44. The van der Waals surface area contributed by atoms with Gasteiger partial charge in [0.05, 0.1) is 0 Å². The van der Waals surface area contributed by atoms with Crippen LogP contribution in [0.25, 0.3) is 0 Å². The summed E-state index contributed by atoms with van der Waals surface area (Å²) in [5.41, 5.74) is 0.693. The molecule has 0 bridgehead atoms. The second-order valence-electron chi connectivity index (χ2n) is 4.61. The summed E-state index contributed by atoms with van der Waals surface area (Å²) < 4.78 is 25.9.